The van der Waals surface area contributed by atoms with Crippen LogP contribution < -0.4 is 10.6 Å². The van der Waals surface area contributed by atoms with Crippen molar-refractivity contribution in [3.63, 3.8) is 0 Å². The quantitative estimate of drug-likeness (QED) is 0.468. The van der Waals surface area contributed by atoms with Gasteiger partial charge in [-0.25, -0.2) is 4.98 Å². The lowest BCUT2D eigenvalue weighted by molar-refractivity contribution is 0.611. The first-order chi connectivity index (χ1) is 11.8. The third-order valence-corrected chi connectivity index (χ3v) is 6.67. The van der Waals surface area contributed by atoms with E-state index in [1.165, 1.54) is 29.0 Å². The van der Waals surface area contributed by atoms with Gasteiger partial charge in [-0.3, -0.25) is 4.99 Å². The van der Waals surface area contributed by atoms with Gasteiger partial charge in [0.2, 0.25) is 0 Å². The second kappa shape index (κ2) is 8.72. The Hall–Kier alpha value is -1.27. The van der Waals surface area contributed by atoms with Gasteiger partial charge in [0, 0.05) is 31.3 Å². The normalized spacial score (nSPS) is 21.3. The van der Waals surface area contributed by atoms with Crippen LogP contribution in [0.5, 0.6) is 0 Å². The largest absolute Gasteiger partial charge is 0.356 e. The summed E-state index contributed by atoms with van der Waals surface area (Å²) >= 11 is 3.79. The van der Waals surface area contributed by atoms with Crippen molar-refractivity contribution < 1.29 is 0 Å². The summed E-state index contributed by atoms with van der Waals surface area (Å²) in [6.45, 7) is 0.925. The van der Waals surface area contributed by atoms with Crippen LogP contribution in [-0.2, 0) is 6.42 Å². The molecule has 0 spiro atoms. The fraction of sp³-hybridized carbons (Fsp3) is 0.556. The van der Waals surface area contributed by atoms with Gasteiger partial charge >= 0.3 is 0 Å². The van der Waals surface area contributed by atoms with Crippen molar-refractivity contribution in [2.75, 3.05) is 19.8 Å². The van der Waals surface area contributed by atoms with Crippen molar-refractivity contribution in [3.05, 3.63) is 29.3 Å². The van der Waals surface area contributed by atoms with Crippen molar-refractivity contribution in [2.24, 2.45) is 4.99 Å². The first-order valence-corrected chi connectivity index (χ1v) is 10.7. The lowest BCUT2D eigenvalue weighted by atomic mass is 10.2. The second-order valence-corrected chi connectivity index (χ2v) is 8.44. The lowest BCUT2D eigenvalue weighted by Crippen LogP contribution is -2.42. The number of aryl methyl sites for hydroxylation is 1. The number of hydrogen-bond acceptors (Lipinski definition) is 4. The van der Waals surface area contributed by atoms with E-state index in [-0.39, 0.29) is 0 Å². The van der Waals surface area contributed by atoms with E-state index in [1.807, 2.05) is 24.9 Å². The monoisotopic (exact) mass is 362 g/mol. The van der Waals surface area contributed by atoms with Crippen molar-refractivity contribution in [1.29, 1.82) is 0 Å². The summed E-state index contributed by atoms with van der Waals surface area (Å²) in [4.78, 5) is 9.05. The van der Waals surface area contributed by atoms with Crippen LogP contribution in [0.15, 0.2) is 29.3 Å². The van der Waals surface area contributed by atoms with Crippen molar-refractivity contribution in [3.8, 4) is 0 Å². The molecule has 2 N–H and O–H groups in total. The number of guanidine groups is 1. The van der Waals surface area contributed by atoms with Gasteiger partial charge in [0.05, 0.1) is 15.2 Å². The highest BCUT2D eigenvalue weighted by Crippen LogP contribution is 2.28. The Morgan fingerprint density at radius 1 is 1.38 bits per heavy atom. The van der Waals surface area contributed by atoms with Crippen molar-refractivity contribution in [2.45, 2.75) is 43.4 Å². The molecule has 2 aromatic rings. The Kier molecular flexibility index (Phi) is 6.37. The smallest absolute Gasteiger partial charge is 0.191 e. The molecule has 3 rings (SSSR count). The number of thioether (sulfide) groups is 1. The van der Waals surface area contributed by atoms with Gasteiger partial charge in [0.25, 0.3) is 0 Å². The van der Waals surface area contributed by atoms with Crippen molar-refractivity contribution >= 4 is 39.3 Å². The summed E-state index contributed by atoms with van der Waals surface area (Å²) in [7, 11) is 1.85. The van der Waals surface area contributed by atoms with Gasteiger partial charge in [0.1, 0.15) is 0 Å². The fourth-order valence-electron chi connectivity index (χ4n) is 3.15. The van der Waals surface area contributed by atoms with Crippen LogP contribution in [0.3, 0.4) is 0 Å². The molecule has 0 bridgehead atoms. The molecule has 1 saturated carbocycles. The van der Waals surface area contributed by atoms with Gasteiger partial charge in [-0.2, -0.15) is 11.8 Å². The van der Waals surface area contributed by atoms with E-state index in [9.17, 15) is 0 Å². The van der Waals surface area contributed by atoms with Gasteiger partial charge in [0.15, 0.2) is 5.96 Å². The van der Waals surface area contributed by atoms with Crippen LogP contribution in [0.1, 0.15) is 30.7 Å². The molecule has 2 atom stereocenters. The van der Waals surface area contributed by atoms with E-state index < -0.39 is 0 Å². The molecule has 130 valence electrons. The number of para-hydroxylation sites is 1. The average Bonchev–Trinajstić information content (AvgIpc) is 3.23. The van der Waals surface area contributed by atoms with Crippen molar-refractivity contribution in [1.82, 2.24) is 15.6 Å². The number of aliphatic imine (C=N–C) groups is 1. The number of hydrogen-bond donors (Lipinski definition) is 2. The standard InChI is InChI=1S/C18H26N4S2/c1-19-18(21-13-9-10-14(12-13)23-2)20-11-5-8-17-22-15-6-3-4-7-16(15)24-17/h3-4,6-7,13-14H,5,8-12H2,1-2H3,(H2,19,20,21). The Balaban J connectivity index is 1.40. The van der Waals surface area contributed by atoms with E-state index in [0.29, 0.717) is 6.04 Å². The maximum Gasteiger partial charge on any atom is 0.191 e. The zero-order valence-electron chi connectivity index (χ0n) is 14.4. The minimum absolute atomic E-state index is 0.568. The molecule has 1 aliphatic carbocycles. The summed E-state index contributed by atoms with van der Waals surface area (Å²) in [5.74, 6) is 0.936. The second-order valence-electron chi connectivity index (χ2n) is 6.19. The van der Waals surface area contributed by atoms with Crippen LogP contribution in [-0.4, -0.2) is 42.1 Å². The Morgan fingerprint density at radius 3 is 3.00 bits per heavy atom. The highest BCUT2D eigenvalue weighted by atomic mass is 32.2. The number of nitrogens with one attached hydrogen (secondary N) is 2. The summed E-state index contributed by atoms with van der Waals surface area (Å²) in [6, 6.07) is 8.92. The molecular formula is C18H26N4S2. The minimum atomic E-state index is 0.568. The van der Waals surface area contributed by atoms with Gasteiger partial charge in [-0.1, -0.05) is 12.1 Å². The molecule has 6 heteroatoms. The van der Waals surface area contributed by atoms with Gasteiger partial charge < -0.3 is 10.6 Å². The van der Waals surface area contributed by atoms with E-state index in [4.69, 9.17) is 4.98 Å². The highest BCUT2D eigenvalue weighted by Gasteiger charge is 2.24. The predicted molar refractivity (Wildman–Crippen MR) is 107 cm³/mol. The van der Waals surface area contributed by atoms with E-state index >= 15 is 0 Å². The molecule has 0 aliphatic heterocycles. The third-order valence-electron chi connectivity index (χ3n) is 4.48. The summed E-state index contributed by atoms with van der Waals surface area (Å²) in [6.07, 6.45) is 8.10. The first kappa shape index (κ1) is 17.5. The third kappa shape index (κ3) is 4.63. The minimum Gasteiger partial charge on any atom is -0.356 e. The average molecular weight is 363 g/mol. The van der Waals surface area contributed by atoms with Crippen LogP contribution in [0.25, 0.3) is 10.2 Å². The van der Waals surface area contributed by atoms with Crippen LogP contribution >= 0.6 is 23.1 Å². The summed E-state index contributed by atoms with van der Waals surface area (Å²) in [5.41, 5.74) is 1.12. The number of nitrogens with zero attached hydrogens (tertiary/aromatic N) is 2. The molecular weight excluding hydrogens is 336 g/mol. The number of thiazole rings is 1. The molecule has 4 nitrogen and oxygen atoms in total. The number of fused-ring (bicyclic) bond motifs is 1. The van der Waals surface area contributed by atoms with E-state index in [0.717, 1.165) is 36.1 Å². The number of aromatic nitrogens is 1. The molecule has 0 radical (unpaired) electrons. The molecule has 1 aliphatic rings. The predicted octanol–water partition coefficient (Wildman–Crippen LogP) is 3.68. The Labute approximate surface area is 152 Å². The van der Waals surface area contributed by atoms with Crippen LogP contribution in [0.2, 0.25) is 0 Å². The van der Waals surface area contributed by atoms with E-state index in [2.05, 4.69) is 40.1 Å². The fourth-order valence-corrected chi connectivity index (χ4v) is 4.95. The topological polar surface area (TPSA) is 49.3 Å². The SMILES string of the molecule is CN=C(NCCCc1nc2ccccc2s1)NC1CCC(SC)C1. The van der Waals surface area contributed by atoms with Crippen LogP contribution in [0.4, 0.5) is 0 Å². The highest BCUT2D eigenvalue weighted by molar-refractivity contribution is 7.99. The number of rotatable bonds is 6. The molecule has 1 heterocycles. The summed E-state index contributed by atoms with van der Waals surface area (Å²) in [5, 5.41) is 9.03. The molecule has 1 fully saturated rings. The van der Waals surface area contributed by atoms with E-state index in [1.54, 1.807) is 11.3 Å². The summed E-state index contributed by atoms with van der Waals surface area (Å²) < 4.78 is 1.28. The molecule has 0 saturated heterocycles. The maximum absolute atomic E-state index is 4.69. The zero-order valence-corrected chi connectivity index (χ0v) is 16.1. The molecule has 1 aromatic carbocycles. The lowest BCUT2D eigenvalue weighted by Gasteiger charge is -2.17. The maximum atomic E-state index is 4.69. The molecule has 0 amide bonds. The van der Waals surface area contributed by atoms with Crippen LogP contribution in [0, 0.1) is 0 Å². The Morgan fingerprint density at radius 2 is 2.25 bits per heavy atom. The van der Waals surface area contributed by atoms with Gasteiger partial charge in [-0.15, -0.1) is 11.3 Å². The Bertz CT molecular complexity index is 649. The number of benzene rings is 1. The first-order valence-electron chi connectivity index (χ1n) is 8.63. The zero-order chi connectivity index (χ0) is 16.8. The molecule has 2 unspecified atom stereocenters. The molecule has 24 heavy (non-hydrogen) atoms. The van der Waals surface area contributed by atoms with Gasteiger partial charge in [-0.05, 0) is 44.1 Å². The molecule has 1 aromatic heterocycles.